The molecule has 2 rings (SSSR count). The zero-order valence-corrected chi connectivity index (χ0v) is 12.9. The number of amides is 2. The first-order chi connectivity index (χ1) is 9.97. The van der Waals surface area contributed by atoms with Crippen molar-refractivity contribution in [3.8, 4) is 0 Å². The SMILES string of the molecule is O=C(O)CCNC(=O)N1CCCC1c1cc(F)cc(Br)c1. The summed E-state index contributed by atoms with van der Waals surface area (Å²) in [5.41, 5.74) is 0.743. The van der Waals surface area contributed by atoms with E-state index in [0.29, 0.717) is 11.0 Å². The highest BCUT2D eigenvalue weighted by atomic mass is 79.9. The largest absolute Gasteiger partial charge is 0.481 e. The number of hydrogen-bond donors (Lipinski definition) is 2. The Hall–Kier alpha value is -1.63. The van der Waals surface area contributed by atoms with E-state index >= 15 is 0 Å². The second kappa shape index (κ2) is 6.89. The number of nitrogens with zero attached hydrogens (tertiary/aromatic N) is 1. The third-order valence-electron chi connectivity index (χ3n) is 3.40. The third-order valence-corrected chi connectivity index (χ3v) is 3.86. The molecule has 1 aromatic carbocycles. The zero-order chi connectivity index (χ0) is 15.4. The van der Waals surface area contributed by atoms with Crippen LogP contribution in [0.5, 0.6) is 0 Å². The minimum atomic E-state index is -0.956. The Morgan fingerprint density at radius 3 is 2.86 bits per heavy atom. The normalized spacial score (nSPS) is 17.8. The van der Waals surface area contributed by atoms with Crippen molar-refractivity contribution < 1.29 is 19.1 Å². The van der Waals surface area contributed by atoms with Gasteiger partial charge < -0.3 is 15.3 Å². The number of hydrogen-bond acceptors (Lipinski definition) is 2. The summed E-state index contributed by atoms with van der Waals surface area (Å²) in [6, 6.07) is 4.12. The lowest BCUT2D eigenvalue weighted by molar-refractivity contribution is -0.136. The van der Waals surface area contributed by atoms with Crippen molar-refractivity contribution in [2.75, 3.05) is 13.1 Å². The van der Waals surface area contributed by atoms with E-state index in [0.717, 1.165) is 18.4 Å². The van der Waals surface area contributed by atoms with Crippen LogP contribution in [0.15, 0.2) is 22.7 Å². The molecule has 0 aliphatic carbocycles. The molecule has 0 radical (unpaired) electrons. The Balaban J connectivity index is 2.05. The lowest BCUT2D eigenvalue weighted by atomic mass is 10.0. The number of urea groups is 1. The average Bonchev–Trinajstić information content (AvgIpc) is 2.86. The van der Waals surface area contributed by atoms with Crippen molar-refractivity contribution in [3.63, 3.8) is 0 Å². The number of carboxylic acid groups (broad SMARTS) is 1. The summed E-state index contributed by atoms with van der Waals surface area (Å²) < 4.78 is 14.1. The number of carboxylic acids is 1. The summed E-state index contributed by atoms with van der Waals surface area (Å²) in [7, 11) is 0. The highest BCUT2D eigenvalue weighted by Gasteiger charge is 2.30. The second-order valence-corrected chi connectivity index (χ2v) is 5.85. The molecule has 0 aromatic heterocycles. The molecule has 1 fully saturated rings. The Morgan fingerprint density at radius 2 is 2.19 bits per heavy atom. The van der Waals surface area contributed by atoms with E-state index in [1.165, 1.54) is 12.1 Å². The van der Waals surface area contributed by atoms with Gasteiger partial charge in [-0.2, -0.15) is 0 Å². The van der Waals surface area contributed by atoms with Crippen LogP contribution in [0.25, 0.3) is 0 Å². The Bertz CT molecular complexity index is 533. The van der Waals surface area contributed by atoms with E-state index in [4.69, 9.17) is 5.11 Å². The molecule has 1 unspecified atom stereocenters. The van der Waals surface area contributed by atoms with Crippen LogP contribution >= 0.6 is 15.9 Å². The predicted octanol–water partition coefficient (Wildman–Crippen LogP) is 2.91. The molecule has 2 N–H and O–H groups in total. The molecule has 0 bridgehead atoms. The number of nitrogens with one attached hydrogen (secondary N) is 1. The molecule has 114 valence electrons. The van der Waals surface area contributed by atoms with Gasteiger partial charge >= 0.3 is 12.0 Å². The Kier molecular flexibility index (Phi) is 5.17. The number of halogens is 2. The maximum Gasteiger partial charge on any atom is 0.317 e. The van der Waals surface area contributed by atoms with Crippen molar-refractivity contribution in [2.24, 2.45) is 0 Å². The van der Waals surface area contributed by atoms with Gasteiger partial charge in [-0.05, 0) is 36.6 Å². The van der Waals surface area contributed by atoms with Gasteiger partial charge in [-0.25, -0.2) is 9.18 Å². The van der Waals surface area contributed by atoms with Crippen LogP contribution in [0.2, 0.25) is 0 Å². The van der Waals surface area contributed by atoms with Gasteiger partial charge in [0.1, 0.15) is 5.82 Å². The number of likely N-dealkylation sites (tertiary alicyclic amines) is 1. The molecule has 5 nitrogen and oxygen atoms in total. The van der Waals surface area contributed by atoms with E-state index < -0.39 is 5.97 Å². The summed E-state index contributed by atoms with van der Waals surface area (Å²) in [5, 5.41) is 11.2. The fraction of sp³-hybridized carbons (Fsp3) is 0.429. The Labute approximate surface area is 130 Å². The molecule has 1 aliphatic heterocycles. The van der Waals surface area contributed by atoms with E-state index in [9.17, 15) is 14.0 Å². The number of aliphatic carboxylic acids is 1. The summed E-state index contributed by atoms with van der Waals surface area (Å²) in [4.78, 5) is 24.2. The van der Waals surface area contributed by atoms with E-state index in [1.54, 1.807) is 11.0 Å². The number of rotatable bonds is 4. The van der Waals surface area contributed by atoms with Gasteiger partial charge in [0.05, 0.1) is 12.5 Å². The minimum Gasteiger partial charge on any atom is -0.481 e. The van der Waals surface area contributed by atoms with Crippen molar-refractivity contribution in [3.05, 3.63) is 34.1 Å². The van der Waals surface area contributed by atoms with Gasteiger partial charge in [0.15, 0.2) is 0 Å². The van der Waals surface area contributed by atoms with Gasteiger partial charge in [0.2, 0.25) is 0 Å². The Morgan fingerprint density at radius 1 is 1.43 bits per heavy atom. The van der Waals surface area contributed by atoms with Crippen LogP contribution in [-0.2, 0) is 4.79 Å². The molecule has 1 aliphatic rings. The first kappa shape index (κ1) is 15.8. The standard InChI is InChI=1S/C14H16BrFN2O3/c15-10-6-9(7-11(16)8-10)12-2-1-5-18(12)14(21)17-4-3-13(19)20/h6-8,12H,1-5H2,(H,17,21)(H,19,20). The lowest BCUT2D eigenvalue weighted by Gasteiger charge is -2.25. The minimum absolute atomic E-state index is 0.0875. The molecule has 0 spiro atoms. The first-order valence-electron chi connectivity index (χ1n) is 6.69. The number of carbonyl (C=O) groups is 2. The van der Waals surface area contributed by atoms with Gasteiger partial charge in [-0.15, -0.1) is 0 Å². The number of benzene rings is 1. The molecule has 1 aromatic rings. The molecule has 1 saturated heterocycles. The van der Waals surface area contributed by atoms with Gasteiger partial charge in [0.25, 0.3) is 0 Å². The van der Waals surface area contributed by atoms with Gasteiger partial charge in [-0.3, -0.25) is 4.79 Å². The quantitative estimate of drug-likeness (QED) is 0.869. The fourth-order valence-corrected chi connectivity index (χ4v) is 2.98. The van der Waals surface area contributed by atoms with Crippen molar-refractivity contribution in [1.29, 1.82) is 0 Å². The van der Waals surface area contributed by atoms with Crippen molar-refractivity contribution in [2.45, 2.75) is 25.3 Å². The monoisotopic (exact) mass is 358 g/mol. The van der Waals surface area contributed by atoms with Gasteiger partial charge in [0, 0.05) is 17.6 Å². The lowest BCUT2D eigenvalue weighted by Crippen LogP contribution is -2.40. The molecule has 1 atom stereocenters. The molecular weight excluding hydrogens is 343 g/mol. The molecule has 7 heteroatoms. The smallest absolute Gasteiger partial charge is 0.317 e. The number of carbonyl (C=O) groups excluding carboxylic acids is 1. The third kappa shape index (κ3) is 4.17. The summed E-state index contributed by atoms with van der Waals surface area (Å²) in [6.07, 6.45) is 1.49. The zero-order valence-electron chi connectivity index (χ0n) is 11.3. The predicted molar refractivity (Wildman–Crippen MR) is 78.4 cm³/mol. The van der Waals surface area contributed by atoms with Crippen LogP contribution in [0, 0.1) is 5.82 Å². The summed E-state index contributed by atoms with van der Waals surface area (Å²) in [6.45, 7) is 0.669. The van der Waals surface area contributed by atoms with E-state index in [1.807, 2.05) is 0 Å². The van der Waals surface area contributed by atoms with E-state index in [2.05, 4.69) is 21.2 Å². The van der Waals surface area contributed by atoms with Crippen molar-refractivity contribution >= 4 is 27.9 Å². The highest BCUT2D eigenvalue weighted by Crippen LogP contribution is 2.33. The maximum atomic E-state index is 13.5. The first-order valence-corrected chi connectivity index (χ1v) is 7.49. The molecule has 0 saturated carbocycles. The van der Waals surface area contributed by atoms with Crippen LogP contribution in [0.4, 0.5) is 9.18 Å². The van der Waals surface area contributed by atoms with Gasteiger partial charge in [-0.1, -0.05) is 15.9 Å². The van der Waals surface area contributed by atoms with Crippen LogP contribution in [0.1, 0.15) is 30.9 Å². The molecule has 2 amide bonds. The van der Waals surface area contributed by atoms with Crippen LogP contribution in [0.3, 0.4) is 0 Å². The van der Waals surface area contributed by atoms with E-state index in [-0.39, 0.29) is 30.9 Å². The summed E-state index contributed by atoms with van der Waals surface area (Å²) in [5.74, 6) is -1.31. The molecule has 1 heterocycles. The highest BCUT2D eigenvalue weighted by molar-refractivity contribution is 9.10. The van der Waals surface area contributed by atoms with Crippen LogP contribution < -0.4 is 5.32 Å². The van der Waals surface area contributed by atoms with Crippen molar-refractivity contribution in [1.82, 2.24) is 10.2 Å². The second-order valence-electron chi connectivity index (χ2n) is 4.93. The average molecular weight is 359 g/mol. The summed E-state index contributed by atoms with van der Waals surface area (Å²) >= 11 is 3.25. The van der Waals surface area contributed by atoms with Crippen LogP contribution in [-0.4, -0.2) is 35.1 Å². The molecular formula is C14H16BrFN2O3. The maximum absolute atomic E-state index is 13.5. The fourth-order valence-electron chi connectivity index (χ4n) is 2.50. The topological polar surface area (TPSA) is 69.6 Å². The molecule has 21 heavy (non-hydrogen) atoms.